The Morgan fingerprint density at radius 1 is 0.600 bits per heavy atom. The highest BCUT2D eigenvalue weighted by Crippen LogP contribution is 2.25. The Morgan fingerprint density at radius 3 is 2.05 bits per heavy atom. The first-order chi connectivity index (χ1) is 9.81. The fraction of sp³-hybridized carbons (Fsp3) is 0. The second kappa shape index (κ2) is 5.93. The topological polar surface area (TPSA) is 12.0 Å². The van der Waals surface area contributed by atoms with Gasteiger partial charge in [0.25, 0.3) is 0 Å². The molecule has 0 bridgehead atoms. The molecule has 1 nitrogen and oxygen atoms in total. The summed E-state index contributed by atoms with van der Waals surface area (Å²) in [5.74, 6) is 0. The number of benzene rings is 3. The molecule has 0 aromatic heterocycles. The maximum Gasteiger partial charge on any atom is 0.0390 e. The SMILES string of the molecule is Brc1ccc(Nc2cccc(-c3ccccc3)c2)cc1. The third kappa shape index (κ3) is 3.09. The van der Waals surface area contributed by atoms with Gasteiger partial charge in [-0.2, -0.15) is 0 Å². The number of halogens is 1. The lowest BCUT2D eigenvalue weighted by Gasteiger charge is -2.09. The van der Waals surface area contributed by atoms with Crippen molar-refractivity contribution >= 4 is 27.3 Å². The van der Waals surface area contributed by atoms with Crippen LogP contribution in [0.25, 0.3) is 11.1 Å². The molecule has 3 aromatic rings. The van der Waals surface area contributed by atoms with E-state index in [-0.39, 0.29) is 0 Å². The third-order valence-electron chi connectivity index (χ3n) is 3.10. The number of anilines is 2. The van der Waals surface area contributed by atoms with Crippen LogP contribution in [0.3, 0.4) is 0 Å². The lowest BCUT2D eigenvalue weighted by molar-refractivity contribution is 1.53. The van der Waals surface area contributed by atoms with Crippen molar-refractivity contribution in [1.82, 2.24) is 0 Å². The zero-order valence-electron chi connectivity index (χ0n) is 10.9. The van der Waals surface area contributed by atoms with Gasteiger partial charge in [-0.25, -0.2) is 0 Å². The average Bonchev–Trinajstić information content (AvgIpc) is 2.51. The summed E-state index contributed by atoms with van der Waals surface area (Å²) < 4.78 is 1.08. The molecule has 0 saturated carbocycles. The molecule has 0 fully saturated rings. The Labute approximate surface area is 127 Å². The summed E-state index contributed by atoms with van der Waals surface area (Å²) >= 11 is 3.45. The summed E-state index contributed by atoms with van der Waals surface area (Å²) in [6.45, 7) is 0. The van der Waals surface area contributed by atoms with E-state index < -0.39 is 0 Å². The molecule has 3 rings (SSSR count). The van der Waals surface area contributed by atoms with Crippen molar-refractivity contribution in [3.05, 3.63) is 83.3 Å². The van der Waals surface area contributed by atoms with Gasteiger partial charge in [-0.05, 0) is 47.5 Å². The molecular weight excluding hydrogens is 310 g/mol. The molecule has 0 aliphatic carbocycles. The molecular formula is C18H14BrN. The van der Waals surface area contributed by atoms with Crippen LogP contribution < -0.4 is 5.32 Å². The molecule has 0 aliphatic rings. The van der Waals surface area contributed by atoms with Gasteiger partial charge in [0.1, 0.15) is 0 Å². The molecule has 0 spiro atoms. The number of hydrogen-bond donors (Lipinski definition) is 1. The van der Waals surface area contributed by atoms with Gasteiger partial charge in [-0.1, -0.05) is 58.4 Å². The van der Waals surface area contributed by atoms with E-state index in [9.17, 15) is 0 Å². The molecule has 0 radical (unpaired) electrons. The summed E-state index contributed by atoms with van der Waals surface area (Å²) in [7, 11) is 0. The fourth-order valence-electron chi connectivity index (χ4n) is 2.11. The first kappa shape index (κ1) is 12.9. The van der Waals surface area contributed by atoms with Crippen LogP contribution >= 0.6 is 15.9 Å². The van der Waals surface area contributed by atoms with E-state index in [1.54, 1.807) is 0 Å². The van der Waals surface area contributed by atoms with Crippen molar-refractivity contribution < 1.29 is 0 Å². The van der Waals surface area contributed by atoms with Gasteiger partial charge in [0, 0.05) is 15.8 Å². The van der Waals surface area contributed by atoms with Crippen LogP contribution in [0.4, 0.5) is 11.4 Å². The van der Waals surface area contributed by atoms with Crippen molar-refractivity contribution in [2.45, 2.75) is 0 Å². The highest BCUT2D eigenvalue weighted by Gasteiger charge is 1.99. The van der Waals surface area contributed by atoms with Crippen molar-refractivity contribution in [3.8, 4) is 11.1 Å². The Hall–Kier alpha value is -2.06. The summed E-state index contributed by atoms with van der Waals surface area (Å²) in [5, 5.41) is 3.42. The number of nitrogens with one attached hydrogen (secondary N) is 1. The largest absolute Gasteiger partial charge is 0.356 e. The summed E-state index contributed by atoms with van der Waals surface area (Å²) in [5.41, 5.74) is 4.62. The van der Waals surface area contributed by atoms with E-state index >= 15 is 0 Å². The molecule has 0 heterocycles. The minimum Gasteiger partial charge on any atom is -0.356 e. The van der Waals surface area contributed by atoms with Crippen LogP contribution in [0, 0.1) is 0 Å². The molecule has 2 heteroatoms. The van der Waals surface area contributed by atoms with Gasteiger partial charge < -0.3 is 5.32 Å². The molecule has 20 heavy (non-hydrogen) atoms. The third-order valence-corrected chi connectivity index (χ3v) is 3.63. The average molecular weight is 324 g/mol. The van der Waals surface area contributed by atoms with E-state index in [4.69, 9.17) is 0 Å². The maximum absolute atomic E-state index is 3.45. The number of rotatable bonds is 3. The normalized spacial score (nSPS) is 10.2. The van der Waals surface area contributed by atoms with Gasteiger partial charge in [0.05, 0.1) is 0 Å². The Balaban J connectivity index is 1.86. The minimum absolute atomic E-state index is 1.08. The monoisotopic (exact) mass is 323 g/mol. The molecule has 0 amide bonds. The lowest BCUT2D eigenvalue weighted by atomic mass is 10.1. The van der Waals surface area contributed by atoms with E-state index in [1.807, 2.05) is 18.2 Å². The van der Waals surface area contributed by atoms with Gasteiger partial charge in [-0.3, -0.25) is 0 Å². The van der Waals surface area contributed by atoms with Crippen LogP contribution in [0.5, 0.6) is 0 Å². The van der Waals surface area contributed by atoms with Crippen molar-refractivity contribution in [2.75, 3.05) is 5.32 Å². The first-order valence-electron chi connectivity index (χ1n) is 6.49. The summed E-state index contributed by atoms with van der Waals surface area (Å²) in [6.07, 6.45) is 0. The quantitative estimate of drug-likeness (QED) is 0.636. The molecule has 0 unspecified atom stereocenters. The molecule has 0 atom stereocenters. The molecule has 98 valence electrons. The Bertz CT molecular complexity index is 690. The van der Waals surface area contributed by atoms with Gasteiger partial charge in [0.15, 0.2) is 0 Å². The molecule has 1 N–H and O–H groups in total. The smallest absolute Gasteiger partial charge is 0.0390 e. The minimum atomic E-state index is 1.08. The predicted molar refractivity (Wildman–Crippen MR) is 89.3 cm³/mol. The maximum atomic E-state index is 3.45. The van der Waals surface area contributed by atoms with E-state index in [0.717, 1.165) is 15.8 Å². The second-order valence-corrected chi connectivity index (χ2v) is 5.49. The lowest BCUT2D eigenvalue weighted by Crippen LogP contribution is -1.90. The van der Waals surface area contributed by atoms with Crippen LogP contribution in [0.2, 0.25) is 0 Å². The predicted octanol–water partition coefficient (Wildman–Crippen LogP) is 5.86. The van der Waals surface area contributed by atoms with E-state index in [2.05, 4.69) is 81.9 Å². The Kier molecular flexibility index (Phi) is 3.84. The van der Waals surface area contributed by atoms with Crippen molar-refractivity contribution in [1.29, 1.82) is 0 Å². The Morgan fingerprint density at radius 2 is 1.30 bits per heavy atom. The van der Waals surface area contributed by atoms with Crippen LogP contribution in [0.1, 0.15) is 0 Å². The highest BCUT2D eigenvalue weighted by molar-refractivity contribution is 9.10. The van der Waals surface area contributed by atoms with Crippen LogP contribution in [0.15, 0.2) is 83.3 Å². The van der Waals surface area contributed by atoms with Gasteiger partial charge in [-0.15, -0.1) is 0 Å². The van der Waals surface area contributed by atoms with Gasteiger partial charge >= 0.3 is 0 Å². The number of hydrogen-bond acceptors (Lipinski definition) is 1. The fourth-order valence-corrected chi connectivity index (χ4v) is 2.37. The molecule has 0 aliphatic heterocycles. The van der Waals surface area contributed by atoms with Crippen molar-refractivity contribution in [3.63, 3.8) is 0 Å². The summed E-state index contributed by atoms with van der Waals surface area (Å²) in [6, 6.07) is 27.0. The van der Waals surface area contributed by atoms with Gasteiger partial charge in [0.2, 0.25) is 0 Å². The highest BCUT2D eigenvalue weighted by atomic mass is 79.9. The first-order valence-corrected chi connectivity index (χ1v) is 7.29. The zero-order chi connectivity index (χ0) is 13.8. The van der Waals surface area contributed by atoms with Crippen LogP contribution in [-0.2, 0) is 0 Å². The van der Waals surface area contributed by atoms with Crippen molar-refractivity contribution in [2.24, 2.45) is 0 Å². The van der Waals surface area contributed by atoms with E-state index in [0.29, 0.717) is 0 Å². The standard InChI is InChI=1S/C18H14BrN/c19-16-9-11-17(12-10-16)20-18-8-4-7-15(13-18)14-5-2-1-3-6-14/h1-13,20H. The molecule has 3 aromatic carbocycles. The summed E-state index contributed by atoms with van der Waals surface area (Å²) in [4.78, 5) is 0. The van der Waals surface area contributed by atoms with E-state index in [1.165, 1.54) is 11.1 Å². The van der Waals surface area contributed by atoms with Crippen LogP contribution in [-0.4, -0.2) is 0 Å². The zero-order valence-corrected chi connectivity index (χ0v) is 12.5. The second-order valence-electron chi connectivity index (χ2n) is 4.58. The molecule has 0 saturated heterocycles.